The summed E-state index contributed by atoms with van der Waals surface area (Å²) in [6, 6.07) is 4.64. The summed E-state index contributed by atoms with van der Waals surface area (Å²) < 4.78 is 39.6. The van der Waals surface area contributed by atoms with Gasteiger partial charge in [-0.2, -0.15) is 4.31 Å². The lowest BCUT2D eigenvalue weighted by Gasteiger charge is -2.37. The van der Waals surface area contributed by atoms with Crippen molar-refractivity contribution in [2.24, 2.45) is 5.92 Å². The number of likely N-dealkylation sites (N-methyl/N-ethyl adjacent to an activating group) is 1. The zero-order chi connectivity index (χ0) is 23.5. The maximum absolute atomic E-state index is 13.5. The first-order valence-corrected chi connectivity index (χ1v) is 12.5. The Morgan fingerprint density at radius 3 is 2.78 bits per heavy atom. The zero-order valence-electron chi connectivity index (χ0n) is 19.3. The standard InChI is InChI=1S/C23H34N2O6S/c1-16-12-25(17(2)14-26)32(28,29)22-10-9-19(18-7-5-6-8-18)11-20(22)31-21(16)13-24(3)23(27)15-30-4/h7,9-11,16-17,21,26H,5-6,8,12-15H2,1-4H3/t16-,17+,21-/m1/s1. The molecule has 1 aromatic carbocycles. The molecule has 1 amide bonds. The van der Waals surface area contributed by atoms with Crippen LogP contribution in [-0.2, 0) is 19.6 Å². The van der Waals surface area contributed by atoms with Crippen molar-refractivity contribution >= 4 is 21.5 Å². The molecule has 32 heavy (non-hydrogen) atoms. The van der Waals surface area contributed by atoms with Gasteiger partial charge in [0.15, 0.2) is 0 Å². The molecule has 2 aliphatic rings. The third kappa shape index (κ3) is 5.17. The van der Waals surface area contributed by atoms with Gasteiger partial charge in [0, 0.05) is 32.7 Å². The number of carbonyl (C=O) groups is 1. The van der Waals surface area contributed by atoms with E-state index in [4.69, 9.17) is 9.47 Å². The Hall–Kier alpha value is -1.94. The van der Waals surface area contributed by atoms with Gasteiger partial charge in [0.25, 0.3) is 0 Å². The summed E-state index contributed by atoms with van der Waals surface area (Å²) in [6.07, 6.45) is 4.79. The third-order valence-electron chi connectivity index (χ3n) is 6.23. The summed E-state index contributed by atoms with van der Waals surface area (Å²) in [5.74, 6) is -0.114. The molecule has 1 heterocycles. The van der Waals surface area contributed by atoms with E-state index in [0.29, 0.717) is 0 Å². The molecule has 0 aromatic heterocycles. The minimum atomic E-state index is -3.88. The van der Waals surface area contributed by atoms with Crippen molar-refractivity contribution in [3.63, 3.8) is 0 Å². The summed E-state index contributed by atoms with van der Waals surface area (Å²) in [7, 11) is -0.726. The average molecular weight is 467 g/mol. The fourth-order valence-electron chi connectivity index (χ4n) is 4.18. The molecule has 178 valence electrons. The molecule has 0 fully saturated rings. The van der Waals surface area contributed by atoms with Crippen LogP contribution in [0, 0.1) is 5.92 Å². The molecular weight excluding hydrogens is 432 g/mol. The van der Waals surface area contributed by atoms with Gasteiger partial charge >= 0.3 is 0 Å². The molecular formula is C23H34N2O6S. The van der Waals surface area contributed by atoms with Crippen molar-refractivity contribution < 1.29 is 27.8 Å². The number of aliphatic hydroxyl groups excluding tert-OH is 1. The number of fused-ring (bicyclic) bond motifs is 1. The number of allylic oxidation sites excluding steroid dienone is 2. The number of aliphatic hydroxyl groups is 1. The van der Waals surface area contributed by atoms with Crippen LogP contribution in [0.25, 0.3) is 5.57 Å². The van der Waals surface area contributed by atoms with Gasteiger partial charge in [-0.15, -0.1) is 0 Å². The first kappa shape index (κ1) is 24.7. The number of rotatable bonds is 7. The van der Waals surface area contributed by atoms with Crippen LogP contribution in [0.3, 0.4) is 0 Å². The molecule has 1 aliphatic heterocycles. The van der Waals surface area contributed by atoms with E-state index < -0.39 is 22.2 Å². The number of amides is 1. The van der Waals surface area contributed by atoms with E-state index in [2.05, 4.69) is 6.08 Å². The summed E-state index contributed by atoms with van der Waals surface area (Å²) in [5.41, 5.74) is 2.14. The van der Waals surface area contributed by atoms with E-state index in [1.165, 1.54) is 17.0 Å². The van der Waals surface area contributed by atoms with Crippen molar-refractivity contribution in [1.82, 2.24) is 9.21 Å². The van der Waals surface area contributed by atoms with Gasteiger partial charge in [-0.05, 0) is 49.5 Å². The molecule has 0 bridgehead atoms. The number of ether oxygens (including phenoxy) is 2. The van der Waals surface area contributed by atoms with E-state index in [0.717, 1.165) is 24.8 Å². The van der Waals surface area contributed by atoms with Crippen LogP contribution in [0.4, 0.5) is 0 Å². The Morgan fingerprint density at radius 2 is 2.16 bits per heavy atom. The lowest BCUT2D eigenvalue weighted by atomic mass is 10.0. The number of hydrogen-bond donors (Lipinski definition) is 1. The molecule has 1 aromatic rings. The lowest BCUT2D eigenvalue weighted by Crippen LogP contribution is -2.50. The second-order valence-corrected chi connectivity index (χ2v) is 10.6. The van der Waals surface area contributed by atoms with Crippen LogP contribution in [0.5, 0.6) is 5.75 Å². The molecule has 0 spiro atoms. The van der Waals surface area contributed by atoms with Crippen molar-refractivity contribution in [2.75, 3.05) is 40.5 Å². The topological polar surface area (TPSA) is 96.4 Å². The Kier molecular flexibility index (Phi) is 7.97. The number of methoxy groups -OCH3 is 1. The highest BCUT2D eigenvalue weighted by molar-refractivity contribution is 7.89. The minimum absolute atomic E-state index is 0.0332. The van der Waals surface area contributed by atoms with Gasteiger partial charge < -0.3 is 19.5 Å². The molecule has 3 atom stereocenters. The predicted octanol–water partition coefficient (Wildman–Crippen LogP) is 2.13. The van der Waals surface area contributed by atoms with Crippen molar-refractivity contribution in [1.29, 1.82) is 0 Å². The van der Waals surface area contributed by atoms with Crippen LogP contribution in [0.15, 0.2) is 29.2 Å². The van der Waals surface area contributed by atoms with Crippen molar-refractivity contribution in [3.8, 4) is 5.75 Å². The summed E-state index contributed by atoms with van der Waals surface area (Å²) >= 11 is 0. The predicted molar refractivity (Wildman–Crippen MR) is 122 cm³/mol. The zero-order valence-corrected chi connectivity index (χ0v) is 20.1. The Balaban J connectivity index is 2.04. The van der Waals surface area contributed by atoms with Gasteiger partial charge in [-0.25, -0.2) is 8.42 Å². The molecule has 1 N–H and O–H groups in total. The highest BCUT2D eigenvalue weighted by atomic mass is 32.2. The third-order valence-corrected chi connectivity index (χ3v) is 8.25. The van der Waals surface area contributed by atoms with Crippen LogP contribution in [0.2, 0.25) is 0 Å². The molecule has 8 nitrogen and oxygen atoms in total. The summed E-state index contributed by atoms with van der Waals surface area (Å²) in [6.45, 7) is 3.73. The number of hydrogen-bond acceptors (Lipinski definition) is 6. The van der Waals surface area contributed by atoms with Gasteiger partial charge in [0.1, 0.15) is 23.4 Å². The number of nitrogens with zero attached hydrogens (tertiary/aromatic N) is 2. The number of sulfonamides is 1. The molecule has 9 heteroatoms. The monoisotopic (exact) mass is 466 g/mol. The second kappa shape index (κ2) is 10.3. The molecule has 3 rings (SSSR count). The van der Waals surface area contributed by atoms with E-state index >= 15 is 0 Å². The highest BCUT2D eigenvalue weighted by Gasteiger charge is 2.38. The molecule has 0 saturated heterocycles. The number of carbonyl (C=O) groups excluding carboxylic acids is 1. The maximum Gasteiger partial charge on any atom is 0.248 e. The van der Waals surface area contributed by atoms with Crippen molar-refractivity contribution in [2.45, 2.75) is 50.2 Å². The van der Waals surface area contributed by atoms with Crippen LogP contribution in [-0.4, -0.2) is 81.2 Å². The normalized spacial score (nSPS) is 24.0. The molecule has 1 aliphatic carbocycles. The van der Waals surface area contributed by atoms with E-state index in [1.807, 2.05) is 13.0 Å². The van der Waals surface area contributed by atoms with Crippen molar-refractivity contribution in [3.05, 3.63) is 29.8 Å². The quantitative estimate of drug-likeness (QED) is 0.661. The van der Waals surface area contributed by atoms with Crippen LogP contribution < -0.4 is 4.74 Å². The first-order valence-electron chi connectivity index (χ1n) is 11.0. The van der Waals surface area contributed by atoms with Gasteiger partial charge in [0.2, 0.25) is 15.9 Å². The van der Waals surface area contributed by atoms with E-state index in [-0.39, 0.29) is 48.8 Å². The minimum Gasteiger partial charge on any atom is -0.487 e. The average Bonchev–Trinajstić information content (AvgIpc) is 3.30. The van der Waals surface area contributed by atoms with Crippen LogP contribution in [0.1, 0.15) is 38.7 Å². The van der Waals surface area contributed by atoms with Crippen LogP contribution >= 0.6 is 0 Å². The largest absolute Gasteiger partial charge is 0.487 e. The fraction of sp³-hybridized carbons (Fsp3) is 0.609. The fourth-order valence-corrected chi connectivity index (χ4v) is 6.01. The Morgan fingerprint density at radius 1 is 1.41 bits per heavy atom. The van der Waals surface area contributed by atoms with Gasteiger partial charge in [0.05, 0.1) is 13.2 Å². The van der Waals surface area contributed by atoms with E-state index in [1.54, 1.807) is 31.0 Å². The molecule has 0 radical (unpaired) electrons. The highest BCUT2D eigenvalue weighted by Crippen LogP contribution is 2.37. The molecule has 0 unspecified atom stereocenters. The first-order chi connectivity index (χ1) is 15.2. The maximum atomic E-state index is 13.5. The summed E-state index contributed by atoms with van der Waals surface area (Å²) in [4.78, 5) is 13.9. The SMILES string of the molecule is COCC(=O)N(C)C[C@H]1Oc2cc(C3=CCCC3)ccc2S(=O)(=O)N([C@@H](C)CO)C[C@H]1C. The van der Waals surface area contributed by atoms with Gasteiger partial charge in [-0.1, -0.05) is 19.1 Å². The molecule has 0 saturated carbocycles. The lowest BCUT2D eigenvalue weighted by molar-refractivity contribution is -0.135. The smallest absolute Gasteiger partial charge is 0.248 e. The van der Waals surface area contributed by atoms with Gasteiger partial charge in [-0.3, -0.25) is 4.79 Å². The Bertz CT molecular complexity index is 961. The second-order valence-electron chi connectivity index (χ2n) is 8.73. The Labute approximate surface area is 190 Å². The number of benzene rings is 1. The van der Waals surface area contributed by atoms with E-state index in [9.17, 15) is 18.3 Å². The summed E-state index contributed by atoms with van der Waals surface area (Å²) in [5, 5.41) is 9.73.